The van der Waals surface area contributed by atoms with Crippen LogP contribution in [0.15, 0.2) is 78.9 Å². The molecule has 4 aromatic rings. The zero-order chi connectivity index (χ0) is 24.5. The zero-order valence-corrected chi connectivity index (χ0v) is 18.6. The summed E-state index contributed by atoms with van der Waals surface area (Å²) in [4.78, 5) is 12.5. The van der Waals surface area contributed by atoms with Gasteiger partial charge >= 0.3 is 5.97 Å². The van der Waals surface area contributed by atoms with Gasteiger partial charge in [0.05, 0.1) is 19.3 Å². The van der Waals surface area contributed by atoms with Crippen molar-refractivity contribution in [1.29, 1.82) is 0 Å². The van der Waals surface area contributed by atoms with Crippen molar-refractivity contribution >= 4 is 5.97 Å². The lowest BCUT2D eigenvalue weighted by atomic mass is 9.98. The molecule has 35 heavy (non-hydrogen) atoms. The second kappa shape index (κ2) is 9.27. The summed E-state index contributed by atoms with van der Waals surface area (Å²) in [5.41, 5.74) is 1.68. The van der Waals surface area contributed by atoms with E-state index >= 15 is 0 Å². The summed E-state index contributed by atoms with van der Waals surface area (Å²) in [7, 11) is 1.52. The van der Waals surface area contributed by atoms with Crippen LogP contribution in [0.5, 0.6) is 11.5 Å². The van der Waals surface area contributed by atoms with Crippen LogP contribution in [0.1, 0.15) is 22.0 Å². The number of rotatable bonds is 6. The molecule has 4 nitrogen and oxygen atoms in total. The van der Waals surface area contributed by atoms with E-state index in [1.807, 2.05) is 0 Å². The third-order valence-corrected chi connectivity index (χ3v) is 5.78. The van der Waals surface area contributed by atoms with Crippen LogP contribution in [0, 0.1) is 17.5 Å². The van der Waals surface area contributed by atoms with Gasteiger partial charge in [0.2, 0.25) is 0 Å². The normalized spacial score (nSPS) is 14.5. The highest BCUT2D eigenvalue weighted by atomic mass is 19.2. The van der Waals surface area contributed by atoms with E-state index in [1.165, 1.54) is 55.6 Å². The van der Waals surface area contributed by atoms with Crippen LogP contribution in [0.25, 0.3) is 22.3 Å². The highest BCUT2D eigenvalue weighted by Crippen LogP contribution is 2.34. The minimum atomic E-state index is -0.996. The molecule has 176 valence electrons. The molecule has 0 saturated carbocycles. The van der Waals surface area contributed by atoms with Gasteiger partial charge in [0.1, 0.15) is 23.4 Å². The molecule has 7 heteroatoms. The first kappa shape index (κ1) is 22.7. The lowest BCUT2D eigenvalue weighted by Gasteiger charge is -2.10. The lowest BCUT2D eigenvalue weighted by molar-refractivity contribution is 0.0734. The Bertz CT molecular complexity index is 1400. The minimum absolute atomic E-state index is 0.0552. The van der Waals surface area contributed by atoms with Gasteiger partial charge in [0.25, 0.3) is 0 Å². The lowest BCUT2D eigenvalue weighted by Crippen LogP contribution is -2.08. The number of benzene rings is 4. The average molecular weight is 476 g/mol. The number of hydrogen-bond donors (Lipinski definition) is 0. The Labute approximate surface area is 199 Å². The van der Waals surface area contributed by atoms with Crippen LogP contribution >= 0.6 is 0 Å². The SMILES string of the molecule is COc1ccc(-c2ccc(-c3ccc(C(=O)Oc4ccc(C5CO5)c(F)c4)cc3)c(F)c2F)cc1. The van der Waals surface area contributed by atoms with Crippen LogP contribution < -0.4 is 9.47 Å². The van der Waals surface area contributed by atoms with Crippen molar-refractivity contribution in [2.75, 3.05) is 13.7 Å². The Morgan fingerprint density at radius 1 is 0.800 bits per heavy atom. The van der Waals surface area contributed by atoms with Gasteiger partial charge in [-0.2, -0.15) is 0 Å². The molecule has 1 atom stereocenters. The molecule has 1 heterocycles. The highest BCUT2D eigenvalue weighted by molar-refractivity contribution is 5.91. The summed E-state index contributed by atoms with van der Waals surface area (Å²) >= 11 is 0. The molecule has 0 spiro atoms. The Balaban J connectivity index is 1.33. The van der Waals surface area contributed by atoms with Gasteiger partial charge in [-0.25, -0.2) is 18.0 Å². The summed E-state index contributed by atoms with van der Waals surface area (Å²) < 4.78 is 59.3. The van der Waals surface area contributed by atoms with Crippen molar-refractivity contribution in [1.82, 2.24) is 0 Å². The van der Waals surface area contributed by atoms with Gasteiger partial charge in [0, 0.05) is 22.8 Å². The second-order valence-electron chi connectivity index (χ2n) is 7.99. The van der Waals surface area contributed by atoms with Crippen molar-refractivity contribution in [3.8, 4) is 33.8 Å². The number of carbonyl (C=O) groups excluding carboxylic acids is 1. The van der Waals surface area contributed by atoms with E-state index in [0.29, 0.717) is 29.0 Å². The number of methoxy groups -OCH3 is 1. The van der Waals surface area contributed by atoms with E-state index in [4.69, 9.17) is 14.2 Å². The molecule has 4 aromatic carbocycles. The number of halogens is 3. The van der Waals surface area contributed by atoms with Crippen LogP contribution in [0.3, 0.4) is 0 Å². The molecule has 0 aromatic heterocycles. The summed E-state index contributed by atoms with van der Waals surface area (Å²) in [5.74, 6) is -2.51. The molecule has 0 amide bonds. The fraction of sp³-hybridized carbons (Fsp3) is 0.107. The maximum Gasteiger partial charge on any atom is 0.343 e. The van der Waals surface area contributed by atoms with E-state index < -0.39 is 23.4 Å². The quantitative estimate of drug-likeness (QED) is 0.176. The van der Waals surface area contributed by atoms with E-state index in [0.717, 1.165) is 6.07 Å². The fourth-order valence-electron chi connectivity index (χ4n) is 3.78. The Morgan fingerprint density at radius 2 is 1.34 bits per heavy atom. The van der Waals surface area contributed by atoms with E-state index in [-0.39, 0.29) is 28.5 Å². The molecular formula is C28H19F3O4. The van der Waals surface area contributed by atoms with Crippen LogP contribution in [0.4, 0.5) is 13.2 Å². The molecule has 0 bridgehead atoms. The first-order valence-corrected chi connectivity index (χ1v) is 10.8. The van der Waals surface area contributed by atoms with Crippen molar-refractivity contribution in [2.45, 2.75) is 6.10 Å². The topological polar surface area (TPSA) is 48.1 Å². The first-order valence-electron chi connectivity index (χ1n) is 10.8. The summed E-state index contributed by atoms with van der Waals surface area (Å²) in [6.07, 6.45) is -0.247. The average Bonchev–Trinajstić information content (AvgIpc) is 3.71. The van der Waals surface area contributed by atoms with Gasteiger partial charge in [0.15, 0.2) is 11.6 Å². The number of hydrogen-bond acceptors (Lipinski definition) is 4. The molecule has 1 fully saturated rings. The highest BCUT2D eigenvalue weighted by Gasteiger charge is 2.28. The molecule has 5 rings (SSSR count). The maximum absolute atomic E-state index is 14.9. The van der Waals surface area contributed by atoms with Crippen LogP contribution in [0.2, 0.25) is 0 Å². The van der Waals surface area contributed by atoms with Gasteiger partial charge in [-0.1, -0.05) is 36.4 Å². The summed E-state index contributed by atoms with van der Waals surface area (Å²) in [6.45, 7) is 0.469. The zero-order valence-electron chi connectivity index (χ0n) is 18.6. The summed E-state index contributed by atoms with van der Waals surface area (Å²) in [5, 5.41) is 0. The van der Waals surface area contributed by atoms with E-state index in [1.54, 1.807) is 24.3 Å². The van der Waals surface area contributed by atoms with Crippen LogP contribution in [-0.2, 0) is 4.74 Å². The molecule has 0 aliphatic carbocycles. The van der Waals surface area contributed by atoms with Crippen molar-refractivity contribution < 1.29 is 32.2 Å². The number of epoxide rings is 1. The molecular weight excluding hydrogens is 457 g/mol. The number of carbonyl (C=O) groups is 1. The molecule has 0 N–H and O–H groups in total. The molecule has 1 saturated heterocycles. The molecule has 1 aliphatic rings. The third-order valence-electron chi connectivity index (χ3n) is 5.78. The third kappa shape index (κ3) is 4.63. The van der Waals surface area contributed by atoms with Gasteiger partial charge in [-0.3, -0.25) is 0 Å². The first-order chi connectivity index (χ1) is 16.9. The standard InChI is InChI=1S/C28H19F3O4/c1-33-19-8-6-17(7-9-19)22-13-12-21(26(30)27(22)31)16-2-4-18(5-3-16)28(32)35-20-10-11-23(24(29)14-20)25-15-34-25/h2-14,25H,15H2,1H3. The number of ether oxygens (including phenoxy) is 3. The Kier molecular flexibility index (Phi) is 6.01. The largest absolute Gasteiger partial charge is 0.497 e. The predicted octanol–water partition coefficient (Wildman–Crippen LogP) is 6.74. The number of esters is 1. The van der Waals surface area contributed by atoms with Crippen molar-refractivity contribution in [2.24, 2.45) is 0 Å². The fourth-order valence-corrected chi connectivity index (χ4v) is 3.78. The molecule has 1 unspecified atom stereocenters. The molecule has 0 radical (unpaired) electrons. The monoisotopic (exact) mass is 476 g/mol. The van der Waals surface area contributed by atoms with Gasteiger partial charge < -0.3 is 14.2 Å². The second-order valence-corrected chi connectivity index (χ2v) is 7.99. The van der Waals surface area contributed by atoms with Gasteiger partial charge in [-0.15, -0.1) is 0 Å². The van der Waals surface area contributed by atoms with Crippen molar-refractivity contribution in [3.05, 3.63) is 107 Å². The van der Waals surface area contributed by atoms with Crippen molar-refractivity contribution in [3.63, 3.8) is 0 Å². The maximum atomic E-state index is 14.9. The van der Waals surface area contributed by atoms with E-state index in [2.05, 4.69) is 0 Å². The smallest absolute Gasteiger partial charge is 0.343 e. The minimum Gasteiger partial charge on any atom is -0.497 e. The Morgan fingerprint density at radius 3 is 1.86 bits per heavy atom. The molecule has 1 aliphatic heterocycles. The van der Waals surface area contributed by atoms with Gasteiger partial charge in [-0.05, 0) is 47.5 Å². The summed E-state index contributed by atoms with van der Waals surface area (Å²) in [6, 6.07) is 19.6. The Hall–Kier alpha value is -4.10. The predicted molar refractivity (Wildman–Crippen MR) is 124 cm³/mol. The van der Waals surface area contributed by atoms with E-state index in [9.17, 15) is 18.0 Å². The van der Waals surface area contributed by atoms with Crippen LogP contribution in [-0.4, -0.2) is 19.7 Å².